The van der Waals surface area contributed by atoms with Crippen molar-refractivity contribution in [2.75, 3.05) is 25.0 Å². The lowest BCUT2D eigenvalue weighted by molar-refractivity contribution is 0.0181. The predicted molar refractivity (Wildman–Crippen MR) is 67.4 cm³/mol. The minimum Gasteiger partial charge on any atom is -0.360 e. The number of carbonyl (C=O) groups is 1. The number of anilines is 1. The number of halogens is 1. The second kappa shape index (κ2) is 5.71. The number of carbonyl (C=O) groups excluding carboxylic acids is 1. The first-order chi connectivity index (χ1) is 8.70. The summed E-state index contributed by atoms with van der Waals surface area (Å²) in [5, 5.41) is 12.0. The van der Waals surface area contributed by atoms with Crippen molar-refractivity contribution in [3.8, 4) is 6.07 Å². The van der Waals surface area contributed by atoms with Gasteiger partial charge in [0.1, 0.15) is 0 Å². The molecular formula is C12H12ClN3O2. The Hall–Kier alpha value is -1.77. The lowest BCUT2D eigenvalue weighted by atomic mass is 10.3. The van der Waals surface area contributed by atoms with Gasteiger partial charge in [0, 0.05) is 6.54 Å². The molecular weight excluding hydrogens is 254 g/mol. The molecule has 5 nitrogen and oxygen atoms in total. The van der Waals surface area contributed by atoms with Crippen LogP contribution in [0.3, 0.4) is 0 Å². The van der Waals surface area contributed by atoms with E-state index in [1.165, 1.54) is 0 Å². The highest BCUT2D eigenvalue weighted by Crippen LogP contribution is 2.21. The summed E-state index contributed by atoms with van der Waals surface area (Å²) in [6, 6.07) is 8.73. The Bertz CT molecular complexity index is 486. The minimum atomic E-state index is -0.559. The van der Waals surface area contributed by atoms with Gasteiger partial charge in [0.05, 0.1) is 29.9 Å². The molecule has 18 heavy (non-hydrogen) atoms. The molecule has 1 fully saturated rings. The first-order valence-corrected chi connectivity index (χ1v) is 5.90. The van der Waals surface area contributed by atoms with E-state index >= 15 is 0 Å². The summed E-state index contributed by atoms with van der Waals surface area (Å²) in [7, 11) is 0. The number of ether oxygens (including phenoxy) is 1. The Morgan fingerprint density at radius 1 is 1.56 bits per heavy atom. The standard InChI is InChI=1S/C12H12ClN3O2/c13-10-3-1-2-4-11(10)15-12(17)16-5-6-18-9(7-14)8-16/h1-4,9H,5-6,8H2,(H,15,17). The molecule has 1 unspecified atom stereocenters. The maximum atomic E-state index is 12.0. The van der Waals surface area contributed by atoms with Crippen LogP contribution in [-0.2, 0) is 4.74 Å². The van der Waals surface area contributed by atoms with E-state index < -0.39 is 6.10 Å². The smallest absolute Gasteiger partial charge is 0.322 e. The molecule has 0 aromatic heterocycles. The molecule has 94 valence electrons. The van der Waals surface area contributed by atoms with Crippen molar-refractivity contribution in [1.29, 1.82) is 5.26 Å². The van der Waals surface area contributed by atoms with Gasteiger partial charge < -0.3 is 15.0 Å². The van der Waals surface area contributed by atoms with Crippen molar-refractivity contribution < 1.29 is 9.53 Å². The second-order valence-electron chi connectivity index (χ2n) is 3.84. The maximum absolute atomic E-state index is 12.0. The van der Waals surface area contributed by atoms with Gasteiger partial charge in [-0.3, -0.25) is 0 Å². The fourth-order valence-corrected chi connectivity index (χ4v) is 1.85. The Balaban J connectivity index is 2.00. The van der Waals surface area contributed by atoms with E-state index in [1.807, 2.05) is 6.07 Å². The molecule has 0 bridgehead atoms. The topological polar surface area (TPSA) is 65.4 Å². The zero-order valence-corrected chi connectivity index (χ0v) is 10.4. The van der Waals surface area contributed by atoms with Gasteiger partial charge in [-0.2, -0.15) is 5.26 Å². The molecule has 0 radical (unpaired) electrons. The molecule has 0 spiro atoms. The molecule has 1 aromatic rings. The van der Waals surface area contributed by atoms with Crippen LogP contribution in [0.1, 0.15) is 0 Å². The SMILES string of the molecule is N#CC1CN(C(=O)Nc2ccccc2Cl)CCO1. The third-order valence-corrected chi connectivity index (χ3v) is 2.94. The van der Waals surface area contributed by atoms with Gasteiger partial charge in [-0.05, 0) is 12.1 Å². The number of para-hydroxylation sites is 1. The van der Waals surface area contributed by atoms with Crippen LogP contribution >= 0.6 is 11.6 Å². The molecule has 1 heterocycles. The van der Waals surface area contributed by atoms with Crippen LogP contribution in [-0.4, -0.2) is 36.7 Å². The van der Waals surface area contributed by atoms with E-state index in [-0.39, 0.29) is 12.6 Å². The van der Waals surface area contributed by atoms with Gasteiger partial charge in [0.15, 0.2) is 6.10 Å². The quantitative estimate of drug-likeness (QED) is 0.846. The average Bonchev–Trinajstić information content (AvgIpc) is 2.41. The number of hydrogen-bond donors (Lipinski definition) is 1. The maximum Gasteiger partial charge on any atom is 0.322 e. The second-order valence-corrected chi connectivity index (χ2v) is 4.25. The van der Waals surface area contributed by atoms with Gasteiger partial charge in [0.25, 0.3) is 0 Å². The molecule has 1 saturated heterocycles. The van der Waals surface area contributed by atoms with Crippen LogP contribution in [0.15, 0.2) is 24.3 Å². The lowest BCUT2D eigenvalue weighted by Crippen LogP contribution is -2.46. The van der Waals surface area contributed by atoms with Crippen molar-refractivity contribution in [3.05, 3.63) is 29.3 Å². The van der Waals surface area contributed by atoms with E-state index in [1.54, 1.807) is 29.2 Å². The van der Waals surface area contributed by atoms with Crippen molar-refractivity contribution in [3.63, 3.8) is 0 Å². The Morgan fingerprint density at radius 3 is 3.06 bits per heavy atom. The highest BCUT2D eigenvalue weighted by atomic mass is 35.5. The zero-order chi connectivity index (χ0) is 13.0. The number of nitriles is 1. The molecule has 6 heteroatoms. The first kappa shape index (κ1) is 12.7. The third kappa shape index (κ3) is 2.92. The van der Waals surface area contributed by atoms with Crippen molar-refractivity contribution >= 4 is 23.3 Å². The molecule has 1 aliphatic rings. The monoisotopic (exact) mass is 265 g/mol. The fourth-order valence-electron chi connectivity index (χ4n) is 1.67. The average molecular weight is 266 g/mol. The van der Waals surface area contributed by atoms with Crippen LogP contribution < -0.4 is 5.32 Å². The molecule has 0 saturated carbocycles. The number of rotatable bonds is 1. The highest BCUT2D eigenvalue weighted by Gasteiger charge is 2.24. The number of urea groups is 1. The molecule has 1 atom stereocenters. The lowest BCUT2D eigenvalue weighted by Gasteiger charge is -2.29. The number of nitrogens with zero attached hydrogens (tertiary/aromatic N) is 2. The normalized spacial score (nSPS) is 19.1. The number of hydrogen-bond acceptors (Lipinski definition) is 3. The van der Waals surface area contributed by atoms with Gasteiger partial charge in [-0.15, -0.1) is 0 Å². The van der Waals surface area contributed by atoms with Gasteiger partial charge in [-0.1, -0.05) is 23.7 Å². The highest BCUT2D eigenvalue weighted by molar-refractivity contribution is 6.33. The van der Waals surface area contributed by atoms with Crippen LogP contribution in [0.4, 0.5) is 10.5 Å². The summed E-state index contributed by atoms with van der Waals surface area (Å²) in [6.45, 7) is 1.11. The van der Waals surface area contributed by atoms with Crippen LogP contribution in [0, 0.1) is 11.3 Å². The summed E-state index contributed by atoms with van der Waals surface area (Å²) in [6.07, 6.45) is -0.559. The van der Waals surface area contributed by atoms with Crippen molar-refractivity contribution in [2.45, 2.75) is 6.10 Å². The van der Waals surface area contributed by atoms with Crippen molar-refractivity contribution in [2.24, 2.45) is 0 Å². The van der Waals surface area contributed by atoms with Crippen LogP contribution in [0.2, 0.25) is 5.02 Å². The largest absolute Gasteiger partial charge is 0.360 e. The van der Waals surface area contributed by atoms with E-state index in [2.05, 4.69) is 5.32 Å². The fraction of sp³-hybridized carbons (Fsp3) is 0.333. The predicted octanol–water partition coefficient (Wildman–Crippen LogP) is 2.10. The summed E-state index contributed by atoms with van der Waals surface area (Å²) in [5.41, 5.74) is 0.559. The number of benzene rings is 1. The van der Waals surface area contributed by atoms with Crippen LogP contribution in [0.25, 0.3) is 0 Å². The van der Waals surface area contributed by atoms with E-state index in [9.17, 15) is 4.79 Å². The third-order valence-electron chi connectivity index (χ3n) is 2.61. The molecule has 1 aliphatic heterocycles. The molecule has 0 aliphatic carbocycles. The van der Waals surface area contributed by atoms with E-state index in [0.29, 0.717) is 23.9 Å². The summed E-state index contributed by atoms with van der Waals surface area (Å²) < 4.78 is 5.17. The van der Waals surface area contributed by atoms with Gasteiger partial charge in [0.2, 0.25) is 0 Å². The number of nitrogens with one attached hydrogen (secondary N) is 1. The number of morpholine rings is 1. The summed E-state index contributed by atoms with van der Waals surface area (Å²) >= 11 is 5.95. The van der Waals surface area contributed by atoms with Gasteiger partial charge in [-0.25, -0.2) is 4.79 Å². The molecule has 1 N–H and O–H groups in total. The summed E-state index contributed by atoms with van der Waals surface area (Å²) in [4.78, 5) is 13.5. The Kier molecular flexibility index (Phi) is 4.03. The first-order valence-electron chi connectivity index (χ1n) is 5.52. The Morgan fingerprint density at radius 2 is 2.33 bits per heavy atom. The van der Waals surface area contributed by atoms with E-state index in [4.69, 9.17) is 21.6 Å². The Labute approximate surface area is 110 Å². The van der Waals surface area contributed by atoms with Crippen LogP contribution in [0.5, 0.6) is 0 Å². The van der Waals surface area contributed by atoms with Crippen molar-refractivity contribution in [1.82, 2.24) is 4.90 Å². The zero-order valence-electron chi connectivity index (χ0n) is 9.60. The van der Waals surface area contributed by atoms with Gasteiger partial charge >= 0.3 is 6.03 Å². The minimum absolute atomic E-state index is 0.271. The van der Waals surface area contributed by atoms with E-state index in [0.717, 1.165) is 0 Å². The molecule has 2 rings (SSSR count). The number of amides is 2. The molecule has 2 amide bonds. The molecule has 1 aromatic carbocycles. The summed E-state index contributed by atoms with van der Waals surface area (Å²) in [5.74, 6) is 0.